The summed E-state index contributed by atoms with van der Waals surface area (Å²) >= 11 is 0. The number of aromatic nitrogens is 1. The molecule has 2 rings (SSSR count). The molecule has 0 radical (unpaired) electrons. The topological polar surface area (TPSA) is 39.2 Å². The van der Waals surface area contributed by atoms with Crippen LogP contribution < -0.4 is 4.74 Å². The molecule has 0 fully saturated rings. The van der Waals surface area contributed by atoms with Crippen molar-refractivity contribution >= 4 is 5.78 Å². The van der Waals surface area contributed by atoms with E-state index in [0.29, 0.717) is 11.4 Å². The van der Waals surface area contributed by atoms with Crippen molar-refractivity contribution in [1.29, 1.82) is 0 Å². The van der Waals surface area contributed by atoms with Gasteiger partial charge in [-0.25, -0.2) is 4.98 Å². The van der Waals surface area contributed by atoms with Crippen molar-refractivity contribution < 1.29 is 9.53 Å². The Hall–Kier alpha value is -1.38. The highest BCUT2D eigenvalue weighted by atomic mass is 16.5. The third-order valence-electron chi connectivity index (χ3n) is 1.68. The van der Waals surface area contributed by atoms with E-state index >= 15 is 0 Å². The lowest BCUT2D eigenvalue weighted by Crippen LogP contribution is -2.15. The predicted molar refractivity (Wildman–Crippen MR) is 38.7 cm³/mol. The molecule has 1 aromatic heterocycles. The third-order valence-corrected chi connectivity index (χ3v) is 1.68. The number of nitrogens with zero attached hydrogens (tertiary/aromatic N) is 1. The average molecular weight is 149 g/mol. The standard InChI is InChI=1S/C8H7NO2/c1-5-8(10)7-6(11-5)3-2-4-9-7/h2-5H,1H3/t5-/m0/s1. The van der Waals surface area contributed by atoms with Crippen molar-refractivity contribution in [2.45, 2.75) is 13.0 Å². The molecule has 1 atom stereocenters. The third kappa shape index (κ3) is 0.808. The molecule has 0 bridgehead atoms. The van der Waals surface area contributed by atoms with Crippen LogP contribution in [-0.2, 0) is 0 Å². The van der Waals surface area contributed by atoms with Gasteiger partial charge in [-0.05, 0) is 19.1 Å². The normalized spacial score (nSPS) is 21.2. The number of carbonyl (C=O) groups excluding carboxylic acids is 1. The Bertz CT molecular complexity index is 309. The minimum atomic E-state index is -0.361. The Morgan fingerprint density at radius 2 is 2.45 bits per heavy atom. The largest absolute Gasteiger partial charge is 0.480 e. The molecule has 0 saturated carbocycles. The van der Waals surface area contributed by atoms with E-state index in [4.69, 9.17) is 4.74 Å². The van der Waals surface area contributed by atoms with Crippen molar-refractivity contribution in [2.24, 2.45) is 0 Å². The number of Topliss-reactive ketones (excluding diaryl/α,β-unsaturated/α-hetero) is 1. The summed E-state index contributed by atoms with van der Waals surface area (Å²) in [7, 11) is 0. The molecule has 3 heteroatoms. The Morgan fingerprint density at radius 3 is 3.18 bits per heavy atom. The van der Waals surface area contributed by atoms with E-state index in [0.717, 1.165) is 0 Å². The van der Waals surface area contributed by atoms with Crippen LogP contribution in [0.15, 0.2) is 18.3 Å². The summed E-state index contributed by atoms with van der Waals surface area (Å²) in [4.78, 5) is 15.1. The number of ketones is 1. The molecule has 0 saturated heterocycles. The molecule has 56 valence electrons. The SMILES string of the molecule is C[C@@H]1Oc2cccnc2C1=O. The number of fused-ring (bicyclic) bond motifs is 1. The van der Waals surface area contributed by atoms with E-state index in [1.165, 1.54) is 0 Å². The number of carbonyl (C=O) groups is 1. The van der Waals surface area contributed by atoms with Gasteiger partial charge in [-0.15, -0.1) is 0 Å². The molecule has 3 nitrogen and oxygen atoms in total. The van der Waals surface area contributed by atoms with Gasteiger partial charge in [-0.1, -0.05) is 0 Å². The fourth-order valence-electron chi connectivity index (χ4n) is 1.11. The Balaban J connectivity index is 2.55. The fraction of sp³-hybridized carbons (Fsp3) is 0.250. The van der Waals surface area contributed by atoms with Gasteiger partial charge in [0.05, 0.1) is 0 Å². The second-order valence-corrected chi connectivity index (χ2v) is 2.47. The molecule has 0 aromatic carbocycles. The smallest absolute Gasteiger partial charge is 0.225 e. The molecule has 0 unspecified atom stereocenters. The minimum Gasteiger partial charge on any atom is -0.480 e. The monoisotopic (exact) mass is 149 g/mol. The van der Waals surface area contributed by atoms with Crippen LogP contribution in [0, 0.1) is 0 Å². The Labute approximate surface area is 64.0 Å². The lowest BCUT2D eigenvalue weighted by molar-refractivity contribution is 0.0876. The predicted octanol–water partition coefficient (Wildman–Crippen LogP) is 1.05. The van der Waals surface area contributed by atoms with Gasteiger partial charge in [-0.3, -0.25) is 4.79 Å². The molecule has 2 heterocycles. The van der Waals surface area contributed by atoms with Crippen LogP contribution in [0.3, 0.4) is 0 Å². The van der Waals surface area contributed by atoms with Gasteiger partial charge >= 0.3 is 0 Å². The first-order valence-electron chi connectivity index (χ1n) is 3.45. The van der Waals surface area contributed by atoms with Gasteiger partial charge in [0.2, 0.25) is 5.78 Å². The van der Waals surface area contributed by atoms with Crippen LogP contribution in [0.5, 0.6) is 5.75 Å². The molecule has 0 spiro atoms. The molecular formula is C8H7NO2. The van der Waals surface area contributed by atoms with Crippen molar-refractivity contribution in [3.8, 4) is 5.75 Å². The first kappa shape index (κ1) is 6.34. The fourth-order valence-corrected chi connectivity index (χ4v) is 1.11. The maximum atomic E-state index is 11.2. The van der Waals surface area contributed by atoms with E-state index in [1.807, 2.05) is 0 Å². The van der Waals surface area contributed by atoms with Crippen LogP contribution in [0.1, 0.15) is 17.4 Å². The van der Waals surface area contributed by atoms with Crippen LogP contribution in [0.2, 0.25) is 0 Å². The molecule has 0 amide bonds. The number of pyridine rings is 1. The summed E-state index contributed by atoms with van der Waals surface area (Å²) in [5.74, 6) is 0.575. The summed E-state index contributed by atoms with van der Waals surface area (Å²) in [6.45, 7) is 1.73. The second kappa shape index (κ2) is 2.05. The van der Waals surface area contributed by atoms with Gasteiger partial charge in [-0.2, -0.15) is 0 Å². The molecule has 0 N–H and O–H groups in total. The lowest BCUT2D eigenvalue weighted by atomic mass is 10.2. The number of ether oxygens (including phenoxy) is 1. The van der Waals surface area contributed by atoms with Gasteiger partial charge in [0, 0.05) is 6.20 Å². The molecule has 1 aliphatic rings. The summed E-state index contributed by atoms with van der Waals surface area (Å²) in [6, 6.07) is 3.51. The number of hydrogen-bond acceptors (Lipinski definition) is 3. The molecule has 11 heavy (non-hydrogen) atoms. The maximum absolute atomic E-state index is 11.2. The van der Waals surface area contributed by atoms with Gasteiger partial charge < -0.3 is 4.74 Å². The first-order chi connectivity index (χ1) is 5.29. The van der Waals surface area contributed by atoms with E-state index < -0.39 is 0 Å². The molecule has 1 aliphatic heterocycles. The quantitative estimate of drug-likeness (QED) is 0.553. The van der Waals surface area contributed by atoms with E-state index in [-0.39, 0.29) is 11.9 Å². The van der Waals surface area contributed by atoms with Crippen molar-refractivity contribution in [2.75, 3.05) is 0 Å². The van der Waals surface area contributed by atoms with Gasteiger partial charge in [0.15, 0.2) is 11.8 Å². The molecular weight excluding hydrogens is 142 g/mol. The minimum absolute atomic E-state index is 0.0272. The summed E-state index contributed by atoms with van der Waals surface area (Å²) in [6.07, 6.45) is 1.23. The first-order valence-corrected chi connectivity index (χ1v) is 3.45. The van der Waals surface area contributed by atoms with Gasteiger partial charge in [0.1, 0.15) is 5.75 Å². The Morgan fingerprint density at radius 1 is 1.64 bits per heavy atom. The molecule has 1 aromatic rings. The zero-order valence-electron chi connectivity index (χ0n) is 6.07. The van der Waals surface area contributed by atoms with E-state index in [9.17, 15) is 4.79 Å². The zero-order chi connectivity index (χ0) is 7.84. The van der Waals surface area contributed by atoms with Crippen LogP contribution in [-0.4, -0.2) is 16.9 Å². The number of rotatable bonds is 0. The highest BCUT2D eigenvalue weighted by Gasteiger charge is 2.29. The maximum Gasteiger partial charge on any atom is 0.225 e. The highest BCUT2D eigenvalue weighted by molar-refractivity contribution is 6.02. The van der Waals surface area contributed by atoms with Crippen LogP contribution >= 0.6 is 0 Å². The van der Waals surface area contributed by atoms with Gasteiger partial charge in [0.25, 0.3) is 0 Å². The van der Waals surface area contributed by atoms with Crippen LogP contribution in [0.4, 0.5) is 0 Å². The highest BCUT2D eigenvalue weighted by Crippen LogP contribution is 2.25. The Kier molecular flexibility index (Phi) is 1.18. The van der Waals surface area contributed by atoms with Crippen molar-refractivity contribution in [3.63, 3.8) is 0 Å². The summed E-state index contributed by atoms with van der Waals surface area (Å²) < 4.78 is 5.21. The zero-order valence-corrected chi connectivity index (χ0v) is 6.07. The second-order valence-electron chi connectivity index (χ2n) is 2.47. The van der Waals surface area contributed by atoms with Crippen molar-refractivity contribution in [3.05, 3.63) is 24.0 Å². The van der Waals surface area contributed by atoms with E-state index in [1.54, 1.807) is 25.3 Å². The average Bonchev–Trinajstić information content (AvgIpc) is 2.30. The molecule has 0 aliphatic carbocycles. The lowest BCUT2D eigenvalue weighted by Gasteiger charge is -1.98. The van der Waals surface area contributed by atoms with Crippen molar-refractivity contribution in [1.82, 2.24) is 4.98 Å². The number of hydrogen-bond donors (Lipinski definition) is 0. The van der Waals surface area contributed by atoms with E-state index in [2.05, 4.69) is 4.98 Å². The van der Waals surface area contributed by atoms with Crippen LogP contribution in [0.25, 0.3) is 0 Å². The summed E-state index contributed by atoms with van der Waals surface area (Å²) in [5, 5.41) is 0. The summed E-state index contributed by atoms with van der Waals surface area (Å²) in [5.41, 5.74) is 0.458.